The number of hydrogen-bond acceptors (Lipinski definition) is 4. The van der Waals surface area contributed by atoms with Crippen molar-refractivity contribution in [3.8, 4) is 0 Å². The second kappa shape index (κ2) is 7.40. The second-order valence-corrected chi connectivity index (χ2v) is 8.39. The molecule has 27 heavy (non-hydrogen) atoms. The summed E-state index contributed by atoms with van der Waals surface area (Å²) in [6.45, 7) is 7.96. The Morgan fingerprint density at radius 3 is 1.96 bits per heavy atom. The highest BCUT2D eigenvalue weighted by molar-refractivity contribution is 7.92. The summed E-state index contributed by atoms with van der Waals surface area (Å²) in [5.41, 5.74) is 5.76. The SMILES string of the molecule is Cc1ccc(Nc2ccc(NS(=O)(=O)c3ccc(C)c(C)c3)cn2)cc1C. The summed E-state index contributed by atoms with van der Waals surface area (Å²) in [6.07, 6.45) is 1.50. The Morgan fingerprint density at radius 2 is 1.37 bits per heavy atom. The third-order valence-electron chi connectivity index (χ3n) is 4.58. The van der Waals surface area contributed by atoms with Crippen molar-refractivity contribution in [2.45, 2.75) is 32.6 Å². The number of pyridine rings is 1. The molecule has 1 heterocycles. The molecule has 0 bridgehead atoms. The van der Waals surface area contributed by atoms with Gasteiger partial charge in [0.25, 0.3) is 10.0 Å². The predicted octanol–water partition coefficient (Wildman–Crippen LogP) is 4.86. The van der Waals surface area contributed by atoms with Crippen LogP contribution in [-0.4, -0.2) is 13.4 Å². The zero-order chi connectivity index (χ0) is 19.6. The first-order valence-corrected chi connectivity index (χ1v) is 10.1. The fraction of sp³-hybridized carbons (Fsp3) is 0.190. The molecule has 0 amide bonds. The van der Waals surface area contributed by atoms with Crippen molar-refractivity contribution in [2.75, 3.05) is 10.0 Å². The van der Waals surface area contributed by atoms with E-state index in [0.717, 1.165) is 16.8 Å². The maximum Gasteiger partial charge on any atom is 0.261 e. The number of anilines is 3. The van der Waals surface area contributed by atoms with E-state index in [9.17, 15) is 8.42 Å². The van der Waals surface area contributed by atoms with E-state index in [1.54, 1.807) is 30.3 Å². The van der Waals surface area contributed by atoms with Crippen LogP contribution in [0, 0.1) is 27.7 Å². The van der Waals surface area contributed by atoms with Crippen LogP contribution in [0.1, 0.15) is 22.3 Å². The molecule has 0 saturated heterocycles. The van der Waals surface area contributed by atoms with E-state index in [4.69, 9.17) is 0 Å². The Bertz CT molecular complexity index is 1080. The van der Waals surface area contributed by atoms with Gasteiger partial charge in [-0.3, -0.25) is 4.72 Å². The van der Waals surface area contributed by atoms with Crippen LogP contribution in [0.4, 0.5) is 17.2 Å². The first-order chi connectivity index (χ1) is 12.7. The molecule has 0 unspecified atom stereocenters. The number of rotatable bonds is 5. The molecule has 2 aromatic carbocycles. The summed E-state index contributed by atoms with van der Waals surface area (Å²) in [5, 5.41) is 3.22. The van der Waals surface area contributed by atoms with Crippen molar-refractivity contribution in [3.63, 3.8) is 0 Å². The van der Waals surface area contributed by atoms with Crippen LogP contribution >= 0.6 is 0 Å². The first-order valence-electron chi connectivity index (χ1n) is 8.65. The van der Waals surface area contributed by atoms with Gasteiger partial charge in [-0.15, -0.1) is 0 Å². The molecular weight excluding hydrogens is 358 g/mol. The van der Waals surface area contributed by atoms with Gasteiger partial charge in [-0.05, 0) is 86.3 Å². The number of nitrogens with zero attached hydrogens (tertiary/aromatic N) is 1. The highest BCUT2D eigenvalue weighted by Crippen LogP contribution is 2.21. The van der Waals surface area contributed by atoms with Crippen molar-refractivity contribution in [1.29, 1.82) is 0 Å². The van der Waals surface area contributed by atoms with Gasteiger partial charge in [-0.1, -0.05) is 12.1 Å². The van der Waals surface area contributed by atoms with Gasteiger partial charge in [-0.2, -0.15) is 0 Å². The van der Waals surface area contributed by atoms with Crippen molar-refractivity contribution in [3.05, 3.63) is 77.0 Å². The number of aromatic nitrogens is 1. The molecular formula is C21H23N3O2S. The van der Waals surface area contributed by atoms with Crippen molar-refractivity contribution >= 4 is 27.2 Å². The van der Waals surface area contributed by atoms with Crippen molar-refractivity contribution in [2.24, 2.45) is 0 Å². The van der Waals surface area contributed by atoms with Crippen LogP contribution in [-0.2, 0) is 10.0 Å². The Kier molecular flexibility index (Phi) is 5.19. The molecule has 0 atom stereocenters. The Hall–Kier alpha value is -2.86. The van der Waals surface area contributed by atoms with E-state index in [2.05, 4.69) is 28.9 Å². The molecule has 2 N–H and O–H groups in total. The molecule has 3 rings (SSSR count). The van der Waals surface area contributed by atoms with Crippen LogP contribution in [0.5, 0.6) is 0 Å². The number of aryl methyl sites for hydroxylation is 4. The van der Waals surface area contributed by atoms with Gasteiger partial charge in [0.2, 0.25) is 0 Å². The van der Waals surface area contributed by atoms with Crippen LogP contribution in [0.25, 0.3) is 0 Å². The molecule has 6 heteroatoms. The minimum Gasteiger partial charge on any atom is -0.340 e. The summed E-state index contributed by atoms with van der Waals surface area (Å²) >= 11 is 0. The van der Waals surface area contributed by atoms with Gasteiger partial charge in [0.15, 0.2) is 0 Å². The molecule has 0 aliphatic rings. The topological polar surface area (TPSA) is 71.1 Å². The highest BCUT2D eigenvalue weighted by Gasteiger charge is 2.15. The largest absolute Gasteiger partial charge is 0.340 e. The lowest BCUT2D eigenvalue weighted by Gasteiger charge is -2.11. The lowest BCUT2D eigenvalue weighted by Crippen LogP contribution is -2.13. The highest BCUT2D eigenvalue weighted by atomic mass is 32.2. The van der Waals surface area contributed by atoms with Crippen LogP contribution in [0.2, 0.25) is 0 Å². The molecule has 5 nitrogen and oxygen atoms in total. The summed E-state index contributed by atoms with van der Waals surface area (Å²) in [4.78, 5) is 4.54. The molecule has 140 valence electrons. The van der Waals surface area contributed by atoms with Crippen molar-refractivity contribution in [1.82, 2.24) is 4.98 Å². The van der Waals surface area contributed by atoms with Gasteiger partial charge < -0.3 is 5.32 Å². The zero-order valence-corrected chi connectivity index (χ0v) is 16.7. The predicted molar refractivity (Wildman–Crippen MR) is 110 cm³/mol. The number of benzene rings is 2. The summed E-state index contributed by atoms with van der Waals surface area (Å²) < 4.78 is 27.7. The maximum atomic E-state index is 12.6. The molecule has 0 spiro atoms. The van der Waals surface area contributed by atoms with E-state index in [-0.39, 0.29) is 4.90 Å². The number of hydrogen-bond donors (Lipinski definition) is 2. The normalized spacial score (nSPS) is 11.3. The quantitative estimate of drug-likeness (QED) is 0.662. The van der Waals surface area contributed by atoms with E-state index < -0.39 is 10.0 Å². The van der Waals surface area contributed by atoms with Crippen LogP contribution in [0.3, 0.4) is 0 Å². The lowest BCUT2D eigenvalue weighted by atomic mass is 10.1. The molecule has 0 aliphatic carbocycles. The standard InChI is InChI=1S/C21H23N3O2S/c1-14-5-7-18(11-16(14)3)23-21-10-8-19(13-22-21)24-27(25,26)20-9-6-15(2)17(4)12-20/h5-13,24H,1-4H3,(H,22,23). The summed E-state index contributed by atoms with van der Waals surface area (Å²) in [6, 6.07) is 14.6. The van der Waals surface area contributed by atoms with E-state index >= 15 is 0 Å². The van der Waals surface area contributed by atoms with Crippen molar-refractivity contribution < 1.29 is 8.42 Å². The first kappa shape index (κ1) is 18.9. The number of nitrogens with one attached hydrogen (secondary N) is 2. The third kappa shape index (κ3) is 4.46. The molecule has 0 radical (unpaired) electrons. The monoisotopic (exact) mass is 381 g/mol. The van der Waals surface area contributed by atoms with E-state index in [1.807, 2.05) is 32.0 Å². The second-order valence-electron chi connectivity index (χ2n) is 6.71. The lowest BCUT2D eigenvalue weighted by molar-refractivity contribution is 0.601. The summed E-state index contributed by atoms with van der Waals surface area (Å²) in [5.74, 6) is 0.646. The average molecular weight is 382 g/mol. The molecule has 0 aliphatic heterocycles. The average Bonchev–Trinajstić information content (AvgIpc) is 2.62. The van der Waals surface area contributed by atoms with Gasteiger partial charge in [0.1, 0.15) is 5.82 Å². The maximum absolute atomic E-state index is 12.6. The van der Waals surface area contributed by atoms with Gasteiger partial charge >= 0.3 is 0 Å². The summed E-state index contributed by atoms with van der Waals surface area (Å²) in [7, 11) is -3.65. The molecule has 3 aromatic rings. The van der Waals surface area contributed by atoms with E-state index in [0.29, 0.717) is 11.5 Å². The smallest absolute Gasteiger partial charge is 0.261 e. The zero-order valence-electron chi connectivity index (χ0n) is 15.9. The van der Waals surface area contributed by atoms with Gasteiger partial charge in [0.05, 0.1) is 16.8 Å². The molecule has 0 fully saturated rings. The van der Waals surface area contributed by atoms with Crippen LogP contribution < -0.4 is 10.0 Å². The van der Waals surface area contributed by atoms with Gasteiger partial charge in [-0.25, -0.2) is 13.4 Å². The molecule has 0 saturated carbocycles. The Morgan fingerprint density at radius 1 is 0.741 bits per heavy atom. The fourth-order valence-electron chi connectivity index (χ4n) is 2.59. The minimum absolute atomic E-state index is 0.239. The minimum atomic E-state index is -3.65. The third-order valence-corrected chi connectivity index (χ3v) is 5.96. The fourth-order valence-corrected chi connectivity index (χ4v) is 3.72. The van der Waals surface area contributed by atoms with E-state index in [1.165, 1.54) is 17.3 Å². The molecule has 1 aromatic heterocycles. The Balaban J connectivity index is 1.74. The van der Waals surface area contributed by atoms with Gasteiger partial charge in [0, 0.05) is 5.69 Å². The Labute approximate surface area is 160 Å². The number of sulfonamides is 1. The van der Waals surface area contributed by atoms with Crippen LogP contribution in [0.15, 0.2) is 59.6 Å².